The van der Waals surface area contributed by atoms with E-state index in [1.54, 1.807) is 49.6 Å². The number of amides is 3. The van der Waals surface area contributed by atoms with E-state index in [-0.39, 0.29) is 24.3 Å². The number of benzene rings is 2. The first kappa shape index (κ1) is 24.1. The molecule has 0 unspecified atom stereocenters. The zero-order valence-electron chi connectivity index (χ0n) is 19.3. The van der Waals surface area contributed by atoms with Gasteiger partial charge in [-0.15, -0.1) is 0 Å². The number of rotatable bonds is 9. The molecule has 1 aliphatic rings. The van der Waals surface area contributed by atoms with E-state index in [1.807, 2.05) is 0 Å². The van der Waals surface area contributed by atoms with Crippen molar-refractivity contribution in [1.29, 1.82) is 0 Å². The Balaban J connectivity index is 1.55. The van der Waals surface area contributed by atoms with Crippen LogP contribution in [0, 0.1) is 5.92 Å². The number of methoxy groups -OCH3 is 1. The summed E-state index contributed by atoms with van der Waals surface area (Å²) < 4.78 is 11.2. The maximum atomic E-state index is 12.6. The van der Waals surface area contributed by atoms with Crippen molar-refractivity contribution in [3.8, 4) is 11.5 Å². The van der Waals surface area contributed by atoms with Crippen LogP contribution in [-0.4, -0.2) is 56.0 Å². The van der Waals surface area contributed by atoms with Crippen LogP contribution in [0.25, 0.3) is 0 Å². The van der Waals surface area contributed by atoms with Crippen molar-refractivity contribution in [1.82, 2.24) is 15.5 Å². The lowest BCUT2D eigenvalue weighted by atomic mass is 10.1. The van der Waals surface area contributed by atoms with E-state index in [2.05, 4.69) is 24.5 Å². The highest BCUT2D eigenvalue weighted by Gasteiger charge is 2.22. The van der Waals surface area contributed by atoms with Gasteiger partial charge in [0.2, 0.25) is 5.91 Å². The fourth-order valence-corrected chi connectivity index (χ4v) is 3.38. The zero-order chi connectivity index (χ0) is 23.8. The second kappa shape index (κ2) is 11.4. The molecule has 8 heteroatoms. The molecule has 2 aromatic carbocycles. The molecule has 0 aliphatic carbocycles. The van der Waals surface area contributed by atoms with Crippen LogP contribution in [0.3, 0.4) is 0 Å². The van der Waals surface area contributed by atoms with Crippen molar-refractivity contribution in [2.75, 3.05) is 33.4 Å². The summed E-state index contributed by atoms with van der Waals surface area (Å²) in [5.41, 5.74) is 1.84. The number of carbonyl (C=O) groups is 3. The van der Waals surface area contributed by atoms with Crippen LogP contribution in [0.2, 0.25) is 0 Å². The Morgan fingerprint density at radius 1 is 1.09 bits per heavy atom. The molecule has 0 aromatic heterocycles. The lowest BCUT2D eigenvalue weighted by molar-refractivity contribution is -0.123. The number of ether oxygens (including phenoxy) is 2. The standard InChI is InChI=1S/C25H31N3O5/c1-17(2)10-13-33-21-9-8-20(14-22(21)32-3)24(30)27-15-18-4-6-19(7-5-18)25(31)28-12-11-26-23(29)16-28/h4-9,14,17H,10-13,15-16H2,1-3H3,(H,26,29)(H,27,30). The summed E-state index contributed by atoms with van der Waals surface area (Å²) in [5, 5.41) is 5.58. The number of nitrogens with one attached hydrogen (secondary N) is 2. The minimum Gasteiger partial charge on any atom is -0.493 e. The van der Waals surface area contributed by atoms with E-state index in [4.69, 9.17) is 9.47 Å². The summed E-state index contributed by atoms with van der Waals surface area (Å²) in [4.78, 5) is 38.2. The van der Waals surface area contributed by atoms with E-state index >= 15 is 0 Å². The lowest BCUT2D eigenvalue weighted by Crippen LogP contribution is -2.49. The van der Waals surface area contributed by atoms with Gasteiger partial charge < -0.3 is 25.0 Å². The Hall–Kier alpha value is -3.55. The van der Waals surface area contributed by atoms with Gasteiger partial charge in [0.1, 0.15) is 0 Å². The highest BCUT2D eigenvalue weighted by atomic mass is 16.5. The topological polar surface area (TPSA) is 97.0 Å². The van der Waals surface area contributed by atoms with Gasteiger partial charge in [-0.25, -0.2) is 0 Å². The smallest absolute Gasteiger partial charge is 0.254 e. The molecule has 176 valence electrons. The summed E-state index contributed by atoms with van der Waals surface area (Å²) in [6.07, 6.45) is 0.934. The average molecular weight is 454 g/mol. The number of nitrogens with zero attached hydrogens (tertiary/aromatic N) is 1. The summed E-state index contributed by atoms with van der Waals surface area (Å²) in [7, 11) is 1.55. The fourth-order valence-electron chi connectivity index (χ4n) is 3.38. The second-order valence-electron chi connectivity index (χ2n) is 8.35. The molecular formula is C25H31N3O5. The molecule has 1 fully saturated rings. The summed E-state index contributed by atoms with van der Waals surface area (Å²) in [5.74, 6) is 1.10. The van der Waals surface area contributed by atoms with E-state index < -0.39 is 0 Å². The summed E-state index contributed by atoms with van der Waals surface area (Å²) in [6.45, 7) is 6.19. The molecule has 1 saturated heterocycles. The van der Waals surface area contributed by atoms with Crippen molar-refractivity contribution in [2.24, 2.45) is 5.92 Å². The molecular weight excluding hydrogens is 422 g/mol. The predicted molar refractivity (Wildman–Crippen MR) is 124 cm³/mol. The van der Waals surface area contributed by atoms with Gasteiger partial charge in [-0.2, -0.15) is 0 Å². The molecule has 1 heterocycles. The Morgan fingerprint density at radius 2 is 1.82 bits per heavy atom. The van der Waals surface area contributed by atoms with Crippen molar-refractivity contribution < 1.29 is 23.9 Å². The lowest BCUT2D eigenvalue weighted by Gasteiger charge is -2.26. The van der Waals surface area contributed by atoms with Crippen LogP contribution in [0.5, 0.6) is 11.5 Å². The second-order valence-corrected chi connectivity index (χ2v) is 8.35. The fraction of sp³-hybridized carbons (Fsp3) is 0.400. The van der Waals surface area contributed by atoms with Gasteiger partial charge in [-0.1, -0.05) is 26.0 Å². The van der Waals surface area contributed by atoms with Gasteiger partial charge in [-0.05, 0) is 48.2 Å². The van der Waals surface area contributed by atoms with E-state index in [0.717, 1.165) is 12.0 Å². The van der Waals surface area contributed by atoms with Gasteiger partial charge in [0, 0.05) is 30.8 Å². The van der Waals surface area contributed by atoms with E-state index in [1.165, 1.54) is 4.90 Å². The predicted octanol–water partition coefficient (Wildman–Crippen LogP) is 2.62. The molecule has 1 aliphatic heterocycles. The number of hydrogen-bond acceptors (Lipinski definition) is 5. The molecule has 2 N–H and O–H groups in total. The number of hydrogen-bond donors (Lipinski definition) is 2. The van der Waals surface area contributed by atoms with E-state index in [0.29, 0.717) is 54.8 Å². The first-order valence-electron chi connectivity index (χ1n) is 11.1. The van der Waals surface area contributed by atoms with E-state index in [9.17, 15) is 14.4 Å². The minimum atomic E-state index is -0.235. The first-order chi connectivity index (χ1) is 15.9. The van der Waals surface area contributed by atoms with Crippen LogP contribution in [0.1, 0.15) is 46.5 Å². The van der Waals surface area contributed by atoms with Crippen LogP contribution in [-0.2, 0) is 11.3 Å². The largest absolute Gasteiger partial charge is 0.493 e. The third-order valence-corrected chi connectivity index (χ3v) is 5.36. The molecule has 0 radical (unpaired) electrons. The molecule has 0 atom stereocenters. The Morgan fingerprint density at radius 3 is 2.48 bits per heavy atom. The summed E-state index contributed by atoms with van der Waals surface area (Å²) in [6, 6.07) is 12.1. The van der Waals surface area contributed by atoms with Crippen LogP contribution in [0.4, 0.5) is 0 Å². The van der Waals surface area contributed by atoms with Crippen molar-refractivity contribution in [3.05, 3.63) is 59.2 Å². The molecule has 0 saturated carbocycles. The number of piperazine rings is 1. The molecule has 3 amide bonds. The third kappa shape index (κ3) is 6.71. The molecule has 33 heavy (non-hydrogen) atoms. The maximum Gasteiger partial charge on any atom is 0.254 e. The highest BCUT2D eigenvalue weighted by Crippen LogP contribution is 2.28. The molecule has 2 aromatic rings. The Labute approximate surface area is 194 Å². The molecule has 3 rings (SSSR count). The maximum absolute atomic E-state index is 12.6. The van der Waals surface area contributed by atoms with Crippen molar-refractivity contribution in [2.45, 2.75) is 26.8 Å². The van der Waals surface area contributed by atoms with Crippen molar-refractivity contribution in [3.63, 3.8) is 0 Å². The molecule has 0 spiro atoms. The van der Waals surface area contributed by atoms with Gasteiger partial charge in [0.05, 0.1) is 20.3 Å². The number of carbonyl (C=O) groups excluding carboxylic acids is 3. The first-order valence-corrected chi connectivity index (χ1v) is 11.1. The molecule has 0 bridgehead atoms. The molecule has 8 nitrogen and oxygen atoms in total. The normalized spacial score (nSPS) is 13.5. The monoisotopic (exact) mass is 453 g/mol. The Kier molecular flexibility index (Phi) is 8.29. The third-order valence-electron chi connectivity index (χ3n) is 5.36. The minimum absolute atomic E-state index is 0.0711. The van der Waals surface area contributed by atoms with Crippen LogP contribution >= 0.6 is 0 Å². The van der Waals surface area contributed by atoms with Crippen LogP contribution < -0.4 is 20.1 Å². The van der Waals surface area contributed by atoms with Gasteiger partial charge in [-0.3, -0.25) is 14.4 Å². The van der Waals surface area contributed by atoms with Crippen molar-refractivity contribution >= 4 is 17.7 Å². The van der Waals surface area contributed by atoms with Gasteiger partial charge >= 0.3 is 0 Å². The van der Waals surface area contributed by atoms with Crippen LogP contribution in [0.15, 0.2) is 42.5 Å². The quantitative estimate of drug-likeness (QED) is 0.608. The van der Waals surface area contributed by atoms with Gasteiger partial charge in [0.15, 0.2) is 11.5 Å². The summed E-state index contributed by atoms with van der Waals surface area (Å²) >= 11 is 0. The SMILES string of the molecule is COc1cc(C(=O)NCc2ccc(C(=O)N3CCNC(=O)C3)cc2)ccc1OCCC(C)C. The highest BCUT2D eigenvalue weighted by molar-refractivity contribution is 5.97. The van der Waals surface area contributed by atoms with Gasteiger partial charge in [0.25, 0.3) is 11.8 Å². The zero-order valence-corrected chi connectivity index (χ0v) is 19.3. The average Bonchev–Trinajstić information content (AvgIpc) is 2.82. The Bertz CT molecular complexity index is 988.